The summed E-state index contributed by atoms with van der Waals surface area (Å²) in [6, 6.07) is 13.3. The van der Waals surface area contributed by atoms with Gasteiger partial charge in [0.2, 0.25) is 0 Å². The Morgan fingerprint density at radius 2 is 1.57 bits per heavy atom. The molecule has 148 valence electrons. The highest BCUT2D eigenvalue weighted by molar-refractivity contribution is 5.81. The Morgan fingerprint density at radius 3 is 2.07 bits per heavy atom. The van der Waals surface area contributed by atoms with Gasteiger partial charge in [-0.15, -0.1) is 13.2 Å². The molecule has 1 atom stereocenters. The van der Waals surface area contributed by atoms with Crippen molar-refractivity contribution >= 4 is 12.1 Å². The number of carbonyl (C=O) groups is 2. The normalized spacial score (nSPS) is 14.1. The molecule has 2 aromatic carbocycles. The number of carboxylic acids is 1. The number of alkyl halides is 3. The molecule has 2 N–H and O–H groups in total. The molecule has 0 aliphatic heterocycles. The number of hydrogen-bond donors (Lipinski definition) is 2. The molecule has 0 fully saturated rings. The molecule has 9 heteroatoms. The fourth-order valence-corrected chi connectivity index (χ4v) is 3.13. The second kappa shape index (κ2) is 7.89. The summed E-state index contributed by atoms with van der Waals surface area (Å²) in [5, 5.41) is 10.8. The standard InChI is InChI=1S/C19H16F3NO5/c20-19(21,22)28-10-16(17(24)25)23-18(26)27-9-15-13-7-3-1-5-11(13)12-6-2-4-8-14(12)15/h1-8,15-16H,9-10H2,(H,23,26)(H,24,25)/t16-/m0/s1. The fraction of sp³-hybridized carbons (Fsp3) is 0.263. The van der Waals surface area contributed by atoms with E-state index in [1.807, 2.05) is 53.8 Å². The van der Waals surface area contributed by atoms with Crippen molar-refractivity contribution in [1.82, 2.24) is 5.32 Å². The van der Waals surface area contributed by atoms with Gasteiger partial charge in [0.05, 0.1) is 6.61 Å². The number of ether oxygens (including phenoxy) is 2. The minimum Gasteiger partial charge on any atom is -0.480 e. The minimum atomic E-state index is -5.00. The maximum Gasteiger partial charge on any atom is 0.522 e. The predicted molar refractivity (Wildman–Crippen MR) is 91.6 cm³/mol. The number of aliphatic carboxylic acids is 1. The van der Waals surface area contributed by atoms with Crippen molar-refractivity contribution in [2.45, 2.75) is 18.3 Å². The molecule has 1 amide bonds. The Morgan fingerprint density at radius 1 is 1.04 bits per heavy atom. The number of rotatable bonds is 6. The van der Waals surface area contributed by atoms with Crippen molar-refractivity contribution in [2.75, 3.05) is 13.2 Å². The zero-order valence-corrected chi connectivity index (χ0v) is 14.4. The summed E-state index contributed by atoms with van der Waals surface area (Å²) in [5.74, 6) is -1.93. The Bertz CT molecular complexity index is 838. The summed E-state index contributed by atoms with van der Waals surface area (Å²) in [5.41, 5.74) is 3.92. The van der Waals surface area contributed by atoms with Crippen LogP contribution in [0, 0.1) is 0 Å². The fourth-order valence-electron chi connectivity index (χ4n) is 3.13. The van der Waals surface area contributed by atoms with E-state index in [0.29, 0.717) is 0 Å². The van der Waals surface area contributed by atoms with Crippen molar-refractivity contribution in [3.8, 4) is 11.1 Å². The molecule has 0 saturated carbocycles. The molecule has 6 nitrogen and oxygen atoms in total. The van der Waals surface area contributed by atoms with Crippen LogP contribution in [0.1, 0.15) is 17.0 Å². The lowest BCUT2D eigenvalue weighted by Gasteiger charge is -2.18. The van der Waals surface area contributed by atoms with Gasteiger partial charge in [-0.25, -0.2) is 9.59 Å². The summed E-state index contributed by atoms with van der Waals surface area (Å²) >= 11 is 0. The molecule has 0 bridgehead atoms. The van der Waals surface area contributed by atoms with Crippen LogP contribution in [0.5, 0.6) is 0 Å². The number of halogens is 3. The van der Waals surface area contributed by atoms with E-state index in [2.05, 4.69) is 4.74 Å². The summed E-state index contributed by atoms with van der Waals surface area (Å²) in [6.07, 6.45) is -6.14. The van der Waals surface area contributed by atoms with Gasteiger partial charge in [0, 0.05) is 5.92 Å². The van der Waals surface area contributed by atoms with E-state index < -0.39 is 31.1 Å². The SMILES string of the molecule is O=C(N[C@@H](COC(F)(F)F)C(=O)O)OCC1c2ccccc2-c2ccccc21. The van der Waals surface area contributed by atoms with Crippen molar-refractivity contribution in [2.24, 2.45) is 0 Å². The monoisotopic (exact) mass is 395 g/mol. The Labute approximate surface area is 157 Å². The van der Waals surface area contributed by atoms with Crippen LogP contribution in [-0.2, 0) is 14.3 Å². The third-order valence-corrected chi connectivity index (χ3v) is 4.35. The predicted octanol–water partition coefficient (Wildman–Crippen LogP) is 3.51. The lowest BCUT2D eigenvalue weighted by atomic mass is 9.98. The van der Waals surface area contributed by atoms with Crippen molar-refractivity contribution in [1.29, 1.82) is 0 Å². The molecule has 28 heavy (non-hydrogen) atoms. The summed E-state index contributed by atoms with van der Waals surface area (Å²) < 4.78 is 44.9. The van der Waals surface area contributed by atoms with Crippen molar-refractivity contribution in [3.05, 3.63) is 59.7 Å². The lowest BCUT2D eigenvalue weighted by Crippen LogP contribution is -2.45. The van der Waals surface area contributed by atoms with Gasteiger partial charge in [-0.3, -0.25) is 4.74 Å². The second-order valence-corrected chi connectivity index (χ2v) is 6.12. The molecule has 0 aromatic heterocycles. The van der Waals surface area contributed by atoms with Crippen LogP contribution in [0.25, 0.3) is 11.1 Å². The van der Waals surface area contributed by atoms with Gasteiger partial charge in [0.25, 0.3) is 0 Å². The zero-order chi connectivity index (χ0) is 20.3. The average Bonchev–Trinajstić information content (AvgIpc) is 2.96. The maximum atomic E-state index is 12.1. The smallest absolute Gasteiger partial charge is 0.480 e. The van der Waals surface area contributed by atoms with E-state index in [9.17, 15) is 22.8 Å². The van der Waals surface area contributed by atoms with E-state index in [4.69, 9.17) is 9.84 Å². The van der Waals surface area contributed by atoms with Gasteiger partial charge >= 0.3 is 18.4 Å². The van der Waals surface area contributed by atoms with Crippen LogP contribution in [0.2, 0.25) is 0 Å². The van der Waals surface area contributed by atoms with Crippen LogP contribution in [-0.4, -0.2) is 42.8 Å². The van der Waals surface area contributed by atoms with Gasteiger partial charge in [-0.05, 0) is 22.3 Å². The van der Waals surface area contributed by atoms with Gasteiger partial charge in [0.1, 0.15) is 6.61 Å². The number of hydrogen-bond acceptors (Lipinski definition) is 4. The molecular formula is C19H16F3NO5. The molecule has 0 spiro atoms. The maximum absolute atomic E-state index is 12.1. The summed E-state index contributed by atoms with van der Waals surface area (Å²) in [4.78, 5) is 23.0. The van der Waals surface area contributed by atoms with Gasteiger partial charge < -0.3 is 15.2 Å². The molecule has 2 aromatic rings. The van der Waals surface area contributed by atoms with Crippen LogP contribution in [0.4, 0.5) is 18.0 Å². The quantitative estimate of drug-likeness (QED) is 0.782. The topological polar surface area (TPSA) is 84.9 Å². The molecule has 0 saturated heterocycles. The Balaban J connectivity index is 1.65. The first kappa shape index (κ1) is 19.7. The third kappa shape index (κ3) is 4.42. The van der Waals surface area contributed by atoms with E-state index >= 15 is 0 Å². The Hall–Kier alpha value is -3.07. The second-order valence-electron chi connectivity index (χ2n) is 6.12. The highest BCUT2D eigenvalue weighted by atomic mass is 19.4. The number of nitrogens with one attached hydrogen (secondary N) is 1. The molecule has 1 aliphatic rings. The van der Waals surface area contributed by atoms with Gasteiger partial charge in [0.15, 0.2) is 6.04 Å². The summed E-state index contributed by atoms with van der Waals surface area (Å²) in [6.45, 7) is -1.35. The highest BCUT2D eigenvalue weighted by Gasteiger charge is 2.33. The molecule has 0 radical (unpaired) electrons. The largest absolute Gasteiger partial charge is 0.522 e. The first-order valence-electron chi connectivity index (χ1n) is 8.31. The van der Waals surface area contributed by atoms with Crippen molar-refractivity contribution in [3.63, 3.8) is 0 Å². The van der Waals surface area contributed by atoms with Crippen LogP contribution >= 0.6 is 0 Å². The number of fused-ring (bicyclic) bond motifs is 3. The van der Waals surface area contributed by atoms with E-state index in [-0.39, 0.29) is 12.5 Å². The third-order valence-electron chi connectivity index (χ3n) is 4.35. The number of carboxylic acid groups (broad SMARTS) is 1. The van der Waals surface area contributed by atoms with E-state index in [1.54, 1.807) is 0 Å². The molecule has 3 rings (SSSR count). The highest BCUT2D eigenvalue weighted by Crippen LogP contribution is 2.44. The van der Waals surface area contributed by atoms with E-state index in [1.165, 1.54) is 0 Å². The Kier molecular flexibility index (Phi) is 5.55. The van der Waals surface area contributed by atoms with E-state index in [0.717, 1.165) is 22.3 Å². The zero-order valence-electron chi connectivity index (χ0n) is 14.4. The van der Waals surface area contributed by atoms with Gasteiger partial charge in [-0.2, -0.15) is 0 Å². The average molecular weight is 395 g/mol. The number of carbonyl (C=O) groups excluding carboxylic acids is 1. The first-order chi connectivity index (χ1) is 13.3. The van der Waals surface area contributed by atoms with Crippen LogP contribution < -0.4 is 5.32 Å². The molecule has 0 heterocycles. The van der Waals surface area contributed by atoms with Crippen molar-refractivity contribution < 1.29 is 37.3 Å². The minimum absolute atomic E-state index is 0.0909. The first-order valence-corrected chi connectivity index (χ1v) is 8.31. The van der Waals surface area contributed by atoms with Crippen LogP contribution in [0.15, 0.2) is 48.5 Å². The summed E-state index contributed by atoms with van der Waals surface area (Å²) in [7, 11) is 0. The lowest BCUT2D eigenvalue weighted by molar-refractivity contribution is -0.325. The molecule has 1 aliphatic carbocycles. The number of benzene rings is 2. The molecular weight excluding hydrogens is 379 g/mol. The number of alkyl carbamates (subject to hydrolysis) is 1. The van der Waals surface area contributed by atoms with Gasteiger partial charge in [-0.1, -0.05) is 48.5 Å². The van der Waals surface area contributed by atoms with Crippen LogP contribution in [0.3, 0.4) is 0 Å². The number of amides is 1. The molecule has 0 unspecified atom stereocenters.